The van der Waals surface area contributed by atoms with Gasteiger partial charge in [-0.15, -0.1) is 0 Å². The summed E-state index contributed by atoms with van der Waals surface area (Å²) in [5, 5.41) is 12.5. The monoisotopic (exact) mass is 470 g/mol. The average Bonchev–Trinajstić information content (AvgIpc) is 3.19. The Morgan fingerprint density at radius 3 is 1.97 bits per heavy atom. The third-order valence-electron chi connectivity index (χ3n) is 3.82. The zero-order valence-corrected chi connectivity index (χ0v) is 16.7. The van der Waals surface area contributed by atoms with Crippen LogP contribution in [0.25, 0.3) is 0 Å². The largest absolute Gasteiger partial charge is 0.436 e. The van der Waals surface area contributed by atoms with Gasteiger partial charge in [0.15, 0.2) is 11.4 Å². The number of alkyl halides is 3. The smallest absolute Gasteiger partial charge is 0.321 e. The van der Waals surface area contributed by atoms with E-state index in [1.807, 2.05) is 0 Å². The molecule has 0 aliphatic carbocycles. The summed E-state index contributed by atoms with van der Waals surface area (Å²) in [6.07, 6.45) is -3.06. The number of hydrogen-bond acceptors (Lipinski definition) is 4. The van der Waals surface area contributed by atoms with Gasteiger partial charge in [0.25, 0.3) is 11.8 Å². The molecule has 0 atom stereocenters. The summed E-state index contributed by atoms with van der Waals surface area (Å²) in [6.45, 7) is 0. The van der Waals surface area contributed by atoms with Gasteiger partial charge >= 0.3 is 6.18 Å². The number of aromatic nitrogens is 4. The number of rotatable bonds is 4. The minimum absolute atomic E-state index is 0.242. The second kappa shape index (κ2) is 7.70. The topological polar surface area (TPSA) is 93.8 Å². The Morgan fingerprint density at radius 2 is 1.52 bits per heavy atom. The molecule has 1 aromatic carbocycles. The molecule has 0 saturated heterocycles. The molecule has 2 aromatic heterocycles. The van der Waals surface area contributed by atoms with Crippen molar-refractivity contribution in [2.24, 2.45) is 14.1 Å². The molecule has 0 aliphatic heterocycles. The number of carbonyl (C=O) groups is 2. The van der Waals surface area contributed by atoms with Crippen LogP contribution < -0.4 is 10.6 Å². The predicted octanol–water partition coefficient (Wildman–Crippen LogP) is 3.44. The summed E-state index contributed by atoms with van der Waals surface area (Å²) in [5.74, 6) is -1.17. The maximum atomic E-state index is 12.9. The molecule has 8 nitrogen and oxygen atoms in total. The number of nitrogens with zero attached hydrogens (tertiary/aromatic N) is 4. The number of anilines is 2. The normalized spacial score (nSPS) is 11.4. The lowest BCUT2D eigenvalue weighted by Crippen LogP contribution is -2.17. The van der Waals surface area contributed by atoms with Crippen molar-refractivity contribution in [2.75, 3.05) is 10.6 Å². The van der Waals surface area contributed by atoms with Gasteiger partial charge in [-0.05, 0) is 46.3 Å². The fourth-order valence-corrected chi connectivity index (χ4v) is 3.23. The fourth-order valence-electron chi connectivity index (χ4n) is 2.48. The van der Waals surface area contributed by atoms with Gasteiger partial charge in [0.1, 0.15) is 5.69 Å². The number of halogens is 4. The third kappa shape index (κ3) is 4.47. The summed E-state index contributed by atoms with van der Waals surface area (Å²) in [5.41, 5.74) is -0.429. The molecule has 29 heavy (non-hydrogen) atoms. The lowest BCUT2D eigenvalue weighted by Gasteiger charge is -2.08. The third-order valence-corrected chi connectivity index (χ3v) is 4.57. The van der Waals surface area contributed by atoms with Gasteiger partial charge in [-0.2, -0.15) is 23.4 Å². The number of nitrogens with one attached hydrogen (secondary N) is 2. The van der Waals surface area contributed by atoms with E-state index in [0.29, 0.717) is 11.4 Å². The van der Waals surface area contributed by atoms with Gasteiger partial charge < -0.3 is 10.6 Å². The lowest BCUT2D eigenvalue weighted by atomic mass is 10.2. The number of carbonyl (C=O) groups excluding carboxylic acids is 2. The van der Waals surface area contributed by atoms with Crippen LogP contribution in [0, 0.1) is 0 Å². The number of amides is 2. The first kappa shape index (κ1) is 20.6. The van der Waals surface area contributed by atoms with Gasteiger partial charge in [0.2, 0.25) is 0 Å². The Labute approximate surface area is 170 Å². The molecule has 152 valence electrons. The summed E-state index contributed by atoms with van der Waals surface area (Å²) in [7, 11) is 2.93. The number of aryl methyl sites for hydroxylation is 2. The Morgan fingerprint density at radius 1 is 0.966 bits per heavy atom. The molecular weight excluding hydrogens is 457 g/mol. The van der Waals surface area contributed by atoms with Crippen molar-refractivity contribution >= 4 is 39.1 Å². The van der Waals surface area contributed by atoms with Crippen LogP contribution >= 0.6 is 15.9 Å². The van der Waals surface area contributed by atoms with Crippen LogP contribution in [-0.4, -0.2) is 31.4 Å². The summed E-state index contributed by atoms with van der Waals surface area (Å²) in [6, 6.07) is 7.64. The zero-order valence-electron chi connectivity index (χ0n) is 15.1. The van der Waals surface area contributed by atoms with Crippen LogP contribution in [0.2, 0.25) is 0 Å². The molecule has 2 N–H and O–H groups in total. The van der Waals surface area contributed by atoms with E-state index in [0.717, 1.165) is 4.68 Å². The molecule has 3 rings (SSSR count). The highest BCUT2D eigenvalue weighted by Gasteiger charge is 2.39. The standard InChI is InChI=1S/C17H14BrF3N6O2/c1-26-8-7-11(24-26)15(28)22-9-3-5-10(6-4-9)23-16(29)13-12(18)14(17(19,20)21)25-27(13)2/h3-8H,1-2H3,(H,22,28)(H,23,29). The van der Waals surface area contributed by atoms with Gasteiger partial charge in [0.05, 0.1) is 4.47 Å². The van der Waals surface area contributed by atoms with E-state index in [2.05, 4.69) is 36.8 Å². The van der Waals surface area contributed by atoms with Gasteiger partial charge in [0, 0.05) is 31.7 Å². The van der Waals surface area contributed by atoms with Crippen LogP contribution in [0.3, 0.4) is 0 Å². The molecule has 0 fully saturated rings. The number of benzene rings is 1. The Kier molecular flexibility index (Phi) is 5.46. The Bertz CT molecular complexity index is 1070. The van der Waals surface area contributed by atoms with Crippen LogP contribution in [0.5, 0.6) is 0 Å². The van der Waals surface area contributed by atoms with Crippen LogP contribution in [-0.2, 0) is 20.3 Å². The van der Waals surface area contributed by atoms with E-state index in [-0.39, 0.29) is 11.4 Å². The lowest BCUT2D eigenvalue weighted by molar-refractivity contribution is -0.142. The molecule has 2 heterocycles. The highest BCUT2D eigenvalue weighted by atomic mass is 79.9. The van der Waals surface area contributed by atoms with E-state index < -0.39 is 28.2 Å². The van der Waals surface area contributed by atoms with Gasteiger partial charge in [-0.3, -0.25) is 19.0 Å². The molecule has 3 aromatic rings. The van der Waals surface area contributed by atoms with Crippen molar-refractivity contribution < 1.29 is 22.8 Å². The highest BCUT2D eigenvalue weighted by Crippen LogP contribution is 2.35. The molecule has 12 heteroatoms. The molecule has 0 spiro atoms. The summed E-state index contributed by atoms with van der Waals surface area (Å²) in [4.78, 5) is 24.5. The Hall–Kier alpha value is -3.15. The second-order valence-corrected chi connectivity index (χ2v) is 6.79. The quantitative estimate of drug-likeness (QED) is 0.610. The summed E-state index contributed by atoms with van der Waals surface area (Å²) < 4.78 is 40.7. The van der Waals surface area contributed by atoms with Crippen molar-refractivity contribution in [1.82, 2.24) is 19.6 Å². The predicted molar refractivity (Wildman–Crippen MR) is 101 cm³/mol. The zero-order chi connectivity index (χ0) is 21.3. The summed E-state index contributed by atoms with van der Waals surface area (Å²) >= 11 is 2.80. The molecule has 0 saturated carbocycles. The minimum Gasteiger partial charge on any atom is -0.321 e. The second-order valence-electron chi connectivity index (χ2n) is 5.99. The van der Waals surface area contributed by atoms with Crippen LogP contribution in [0.1, 0.15) is 26.7 Å². The van der Waals surface area contributed by atoms with Gasteiger partial charge in [-0.1, -0.05) is 0 Å². The maximum absolute atomic E-state index is 12.9. The minimum atomic E-state index is -4.69. The molecule has 2 amide bonds. The van der Waals surface area contributed by atoms with E-state index in [1.165, 1.54) is 36.0 Å². The first-order valence-corrected chi connectivity index (χ1v) is 8.87. The molecule has 0 radical (unpaired) electrons. The first-order chi connectivity index (χ1) is 13.6. The molecule has 0 aliphatic rings. The van der Waals surface area contributed by atoms with E-state index in [4.69, 9.17) is 0 Å². The van der Waals surface area contributed by atoms with Gasteiger partial charge in [-0.25, -0.2) is 0 Å². The van der Waals surface area contributed by atoms with Crippen molar-refractivity contribution in [3.05, 3.63) is 58.1 Å². The number of hydrogen-bond donors (Lipinski definition) is 2. The van der Waals surface area contributed by atoms with Crippen molar-refractivity contribution in [1.29, 1.82) is 0 Å². The molecular formula is C17H14BrF3N6O2. The van der Waals surface area contributed by atoms with E-state index in [9.17, 15) is 22.8 Å². The van der Waals surface area contributed by atoms with Crippen LogP contribution in [0.15, 0.2) is 41.0 Å². The average molecular weight is 471 g/mol. The Balaban J connectivity index is 1.71. The molecule has 0 unspecified atom stereocenters. The fraction of sp³-hybridized carbons (Fsp3) is 0.176. The van der Waals surface area contributed by atoms with Crippen molar-refractivity contribution in [2.45, 2.75) is 6.18 Å². The first-order valence-electron chi connectivity index (χ1n) is 8.08. The maximum Gasteiger partial charge on any atom is 0.436 e. The highest BCUT2D eigenvalue weighted by molar-refractivity contribution is 9.10. The SMILES string of the molecule is Cn1ccc(C(=O)Nc2ccc(NC(=O)c3c(Br)c(C(F)(F)F)nn3C)cc2)n1. The van der Waals surface area contributed by atoms with E-state index in [1.54, 1.807) is 19.3 Å². The van der Waals surface area contributed by atoms with E-state index >= 15 is 0 Å². The molecule has 0 bridgehead atoms. The van der Waals surface area contributed by atoms with Crippen molar-refractivity contribution in [3.63, 3.8) is 0 Å². The van der Waals surface area contributed by atoms with Crippen molar-refractivity contribution in [3.8, 4) is 0 Å². The van der Waals surface area contributed by atoms with Crippen LogP contribution in [0.4, 0.5) is 24.5 Å².